The molecular formula is C14H15BrClNO3. The van der Waals surface area contributed by atoms with Gasteiger partial charge in [-0.15, -0.1) is 0 Å². The molecule has 0 heterocycles. The second-order valence-corrected chi connectivity index (χ2v) is 6.48. The van der Waals surface area contributed by atoms with Crippen LogP contribution in [0.3, 0.4) is 0 Å². The van der Waals surface area contributed by atoms with Crippen molar-refractivity contribution >= 4 is 33.3 Å². The monoisotopic (exact) mass is 359 g/mol. The summed E-state index contributed by atoms with van der Waals surface area (Å²) in [4.78, 5) is 23.5. The fourth-order valence-electron chi connectivity index (χ4n) is 2.69. The van der Waals surface area contributed by atoms with Crippen molar-refractivity contribution in [2.24, 2.45) is 0 Å². The minimum atomic E-state index is -1.50. The number of carbonyl (C=O) groups is 1. The molecule has 1 unspecified atom stereocenters. The lowest BCUT2D eigenvalue weighted by Gasteiger charge is -2.23. The van der Waals surface area contributed by atoms with Crippen LogP contribution in [0.1, 0.15) is 37.7 Å². The van der Waals surface area contributed by atoms with E-state index >= 15 is 0 Å². The highest BCUT2D eigenvalue weighted by Gasteiger charge is 2.50. The van der Waals surface area contributed by atoms with Gasteiger partial charge < -0.3 is 0 Å². The van der Waals surface area contributed by atoms with Crippen LogP contribution in [0.4, 0.5) is 0 Å². The zero-order valence-electron chi connectivity index (χ0n) is 10.9. The van der Waals surface area contributed by atoms with Crippen molar-refractivity contribution in [2.45, 2.75) is 44.1 Å². The van der Waals surface area contributed by atoms with Gasteiger partial charge in [-0.2, -0.15) is 0 Å². The first kappa shape index (κ1) is 15.4. The zero-order valence-corrected chi connectivity index (χ0v) is 13.2. The largest absolute Gasteiger partial charge is 0.292 e. The first-order chi connectivity index (χ1) is 9.45. The van der Waals surface area contributed by atoms with Crippen LogP contribution >= 0.6 is 27.5 Å². The molecule has 1 saturated carbocycles. The zero-order chi connectivity index (χ0) is 14.8. The molecule has 0 saturated heterocycles. The molecule has 0 aromatic heterocycles. The van der Waals surface area contributed by atoms with Gasteiger partial charge in [0, 0.05) is 27.3 Å². The molecular weight excluding hydrogens is 346 g/mol. The third kappa shape index (κ3) is 3.04. The van der Waals surface area contributed by atoms with E-state index in [0.29, 0.717) is 29.8 Å². The van der Waals surface area contributed by atoms with Gasteiger partial charge in [-0.05, 0) is 36.6 Å². The lowest BCUT2D eigenvalue weighted by Crippen LogP contribution is -2.47. The first-order valence-corrected chi connectivity index (χ1v) is 7.74. The smallest absolute Gasteiger partial charge is 0.283 e. The standard InChI is InChI=1S/C14H15BrClNO3/c15-12-6-5-11(16)8-10(12)9-14(17(19)20)7-3-1-2-4-13(14)18/h5-6,8H,1-4,7,9H2. The number of carbonyl (C=O) groups excluding carboxylic acids is 1. The van der Waals surface area contributed by atoms with Crippen LogP contribution in [-0.4, -0.2) is 16.2 Å². The molecule has 0 bridgehead atoms. The summed E-state index contributed by atoms with van der Waals surface area (Å²) in [5.74, 6) is -0.258. The molecule has 108 valence electrons. The topological polar surface area (TPSA) is 60.2 Å². The number of nitro groups is 1. The van der Waals surface area contributed by atoms with Crippen LogP contribution in [0.15, 0.2) is 22.7 Å². The van der Waals surface area contributed by atoms with Crippen molar-refractivity contribution in [2.75, 3.05) is 0 Å². The van der Waals surface area contributed by atoms with E-state index in [0.717, 1.165) is 17.3 Å². The molecule has 0 radical (unpaired) electrons. The third-order valence-electron chi connectivity index (χ3n) is 3.85. The van der Waals surface area contributed by atoms with E-state index in [4.69, 9.17) is 11.6 Å². The Balaban J connectivity index is 2.40. The maximum Gasteiger partial charge on any atom is 0.283 e. The number of ketones is 1. The van der Waals surface area contributed by atoms with E-state index in [2.05, 4.69) is 15.9 Å². The van der Waals surface area contributed by atoms with E-state index in [-0.39, 0.29) is 12.2 Å². The Kier molecular flexibility index (Phi) is 4.81. The molecule has 0 spiro atoms. The lowest BCUT2D eigenvalue weighted by atomic mass is 9.83. The number of halogens is 2. The second kappa shape index (κ2) is 6.22. The summed E-state index contributed by atoms with van der Waals surface area (Å²) >= 11 is 9.33. The van der Waals surface area contributed by atoms with E-state index in [1.165, 1.54) is 0 Å². The molecule has 0 aliphatic heterocycles. The number of benzene rings is 1. The average Bonchev–Trinajstić information content (AvgIpc) is 2.57. The summed E-state index contributed by atoms with van der Waals surface area (Å²) in [6.45, 7) is 0. The maximum atomic E-state index is 12.3. The van der Waals surface area contributed by atoms with E-state index in [1.807, 2.05) is 0 Å². The molecule has 0 amide bonds. The van der Waals surface area contributed by atoms with Crippen LogP contribution in [0, 0.1) is 10.1 Å². The number of hydrogen-bond donors (Lipinski definition) is 0. The number of hydrogen-bond acceptors (Lipinski definition) is 3. The molecule has 1 fully saturated rings. The number of Topliss-reactive ketones (excluding diaryl/α,β-unsaturated/α-hetero) is 1. The second-order valence-electron chi connectivity index (χ2n) is 5.19. The van der Waals surface area contributed by atoms with Gasteiger partial charge >= 0.3 is 0 Å². The van der Waals surface area contributed by atoms with Crippen LogP contribution in [-0.2, 0) is 11.2 Å². The molecule has 1 atom stereocenters. The average molecular weight is 361 g/mol. The van der Waals surface area contributed by atoms with E-state index in [1.54, 1.807) is 18.2 Å². The van der Waals surface area contributed by atoms with Gasteiger partial charge in [-0.3, -0.25) is 14.9 Å². The Morgan fingerprint density at radius 2 is 2.10 bits per heavy atom. The van der Waals surface area contributed by atoms with E-state index < -0.39 is 10.5 Å². The third-order valence-corrected chi connectivity index (χ3v) is 4.86. The highest BCUT2D eigenvalue weighted by molar-refractivity contribution is 9.10. The Labute approximate surface area is 130 Å². The predicted molar refractivity (Wildman–Crippen MR) is 80.7 cm³/mol. The summed E-state index contributed by atoms with van der Waals surface area (Å²) in [5, 5.41) is 12.1. The van der Waals surface area contributed by atoms with Gasteiger partial charge in [0.1, 0.15) is 0 Å². The van der Waals surface area contributed by atoms with Crippen LogP contribution in [0.2, 0.25) is 5.02 Å². The van der Waals surface area contributed by atoms with Crippen molar-refractivity contribution in [1.82, 2.24) is 0 Å². The van der Waals surface area contributed by atoms with Crippen molar-refractivity contribution in [3.63, 3.8) is 0 Å². The molecule has 1 aromatic carbocycles. The van der Waals surface area contributed by atoms with Crippen molar-refractivity contribution in [3.05, 3.63) is 43.4 Å². The predicted octanol–water partition coefficient (Wildman–Crippen LogP) is 4.19. The molecule has 1 aliphatic carbocycles. The quantitative estimate of drug-likeness (QED) is 0.461. The van der Waals surface area contributed by atoms with Crippen molar-refractivity contribution in [1.29, 1.82) is 0 Å². The van der Waals surface area contributed by atoms with Gasteiger partial charge in [0.05, 0.1) is 6.42 Å². The minimum Gasteiger partial charge on any atom is -0.292 e. The summed E-state index contributed by atoms with van der Waals surface area (Å²) in [6, 6.07) is 5.16. The first-order valence-electron chi connectivity index (χ1n) is 6.57. The van der Waals surface area contributed by atoms with Gasteiger partial charge in [0.25, 0.3) is 5.54 Å². The Morgan fingerprint density at radius 3 is 2.80 bits per heavy atom. The van der Waals surface area contributed by atoms with Gasteiger partial charge in [0.2, 0.25) is 5.78 Å². The summed E-state index contributed by atoms with van der Waals surface area (Å²) in [6.07, 6.45) is 3.02. The van der Waals surface area contributed by atoms with Crippen LogP contribution in [0.25, 0.3) is 0 Å². The number of rotatable bonds is 3. The van der Waals surface area contributed by atoms with Gasteiger partial charge in [0.15, 0.2) is 0 Å². The molecule has 2 rings (SSSR count). The fourth-order valence-corrected chi connectivity index (χ4v) is 3.27. The van der Waals surface area contributed by atoms with Crippen molar-refractivity contribution < 1.29 is 9.72 Å². The summed E-state index contributed by atoms with van der Waals surface area (Å²) in [5.41, 5.74) is -0.784. The highest BCUT2D eigenvalue weighted by atomic mass is 79.9. The number of nitrogens with zero attached hydrogens (tertiary/aromatic N) is 1. The fraction of sp³-hybridized carbons (Fsp3) is 0.500. The highest BCUT2D eigenvalue weighted by Crippen LogP contribution is 2.33. The molecule has 1 aliphatic rings. The maximum absolute atomic E-state index is 12.3. The van der Waals surface area contributed by atoms with Crippen molar-refractivity contribution in [3.8, 4) is 0 Å². The van der Waals surface area contributed by atoms with Crippen LogP contribution < -0.4 is 0 Å². The molecule has 1 aromatic rings. The van der Waals surface area contributed by atoms with Crippen LogP contribution in [0.5, 0.6) is 0 Å². The summed E-state index contributed by atoms with van der Waals surface area (Å²) < 4.78 is 0.750. The van der Waals surface area contributed by atoms with Gasteiger partial charge in [-0.25, -0.2) is 0 Å². The lowest BCUT2D eigenvalue weighted by molar-refractivity contribution is -0.553. The van der Waals surface area contributed by atoms with E-state index in [9.17, 15) is 14.9 Å². The van der Waals surface area contributed by atoms with Gasteiger partial charge in [-0.1, -0.05) is 34.0 Å². The molecule has 20 heavy (non-hydrogen) atoms. The Morgan fingerprint density at radius 1 is 1.35 bits per heavy atom. The Bertz CT molecular complexity index is 549. The summed E-state index contributed by atoms with van der Waals surface area (Å²) in [7, 11) is 0. The Hall–Kier alpha value is -0.940. The normalized spacial score (nSPS) is 23.4. The SMILES string of the molecule is O=C1CCCCCC1(Cc1cc(Cl)ccc1Br)[N+](=O)[O-]. The molecule has 0 N–H and O–H groups in total. The molecule has 6 heteroatoms. The molecule has 4 nitrogen and oxygen atoms in total. The minimum absolute atomic E-state index is 0.0972.